The van der Waals surface area contributed by atoms with Crippen molar-refractivity contribution in [2.75, 3.05) is 6.54 Å². The van der Waals surface area contributed by atoms with E-state index in [1.807, 2.05) is 13.8 Å². The molecule has 1 heterocycles. The molecule has 0 bridgehead atoms. The second-order valence-corrected chi connectivity index (χ2v) is 13.6. The number of rotatable bonds is 22. The number of carbonyl (C=O) groups is 8. The molecule has 6 amide bonds. The van der Waals surface area contributed by atoms with Gasteiger partial charge in [-0.25, -0.2) is 4.79 Å². The molecular weight excluding hydrogens is 732 g/mol. The van der Waals surface area contributed by atoms with Crippen molar-refractivity contribution >= 4 is 58.3 Å². The minimum Gasteiger partial charge on any atom is -0.508 e. The van der Waals surface area contributed by atoms with Crippen LogP contribution in [0.3, 0.4) is 0 Å². The highest BCUT2D eigenvalue weighted by molar-refractivity contribution is 5.97. The fourth-order valence-corrected chi connectivity index (χ4v) is 5.78. The Hall–Kier alpha value is -6.50. The number of para-hydroxylation sites is 1. The van der Waals surface area contributed by atoms with Crippen LogP contribution in [-0.4, -0.2) is 104 Å². The Bertz CT molecular complexity index is 1900. The van der Waals surface area contributed by atoms with Gasteiger partial charge in [-0.1, -0.05) is 44.2 Å². The predicted molar refractivity (Wildman–Crippen MR) is 200 cm³/mol. The highest BCUT2D eigenvalue weighted by atomic mass is 16.4. The van der Waals surface area contributed by atoms with E-state index in [0.29, 0.717) is 22.0 Å². The van der Waals surface area contributed by atoms with Gasteiger partial charge in [0, 0.05) is 36.4 Å². The van der Waals surface area contributed by atoms with Gasteiger partial charge in [-0.05, 0) is 48.1 Å². The van der Waals surface area contributed by atoms with Gasteiger partial charge in [-0.2, -0.15) is 0 Å². The standard InChI is InChI=1S/C37H48N8O11/c1-19(2)13-26(41-31(48)17-38)34(52)43-27(14-20-7-9-22(46)10-8-20)35(53)42-25(11-12-30(39)47)33(51)44-28(36(54)45-29(37(55)56)16-32(49)50)15-21-18-40-24-6-4-3-5-23(21)24/h3-10,18-19,25-29,40,46H,11-17,38H2,1-2H3,(H2,39,47)(H,41,48)(H,42,53)(H,43,52)(H,44,51)(H,45,54)(H,49,50)(H,55,56)/t25-,26-,27-,28-,29-/m0/s1. The topological polar surface area (TPSA) is 325 Å². The first kappa shape index (κ1) is 43.9. The molecule has 0 aliphatic heterocycles. The van der Waals surface area contributed by atoms with E-state index in [1.54, 1.807) is 30.5 Å². The predicted octanol–water partition coefficient (Wildman–Crippen LogP) is -1.09. The van der Waals surface area contributed by atoms with Crippen LogP contribution < -0.4 is 38.1 Å². The average Bonchev–Trinajstić information content (AvgIpc) is 3.54. The summed E-state index contributed by atoms with van der Waals surface area (Å²) in [6.07, 6.45) is -0.357. The van der Waals surface area contributed by atoms with Gasteiger partial charge in [-0.3, -0.25) is 33.6 Å². The lowest BCUT2D eigenvalue weighted by Gasteiger charge is -2.27. The van der Waals surface area contributed by atoms with Crippen LogP contribution in [0, 0.1) is 5.92 Å². The van der Waals surface area contributed by atoms with Crippen molar-refractivity contribution in [3.05, 3.63) is 65.9 Å². The second kappa shape index (κ2) is 20.8. The minimum atomic E-state index is -1.86. The molecule has 56 heavy (non-hydrogen) atoms. The van der Waals surface area contributed by atoms with E-state index in [1.165, 1.54) is 24.3 Å². The SMILES string of the molecule is CC(C)C[C@H](NC(=O)CN)C(=O)N[C@@H](Cc1ccc(O)cc1)C(=O)N[C@@H](CCC(N)=O)C(=O)N[C@@H](Cc1c[nH]c2ccccc12)C(=O)N[C@@H](CC(=O)O)C(=O)O. The van der Waals surface area contributed by atoms with Gasteiger partial charge in [-0.15, -0.1) is 0 Å². The summed E-state index contributed by atoms with van der Waals surface area (Å²) in [7, 11) is 0. The molecule has 19 nitrogen and oxygen atoms in total. The van der Waals surface area contributed by atoms with E-state index in [9.17, 15) is 53.7 Å². The zero-order chi connectivity index (χ0) is 41.5. The molecule has 19 heteroatoms. The maximum atomic E-state index is 14.0. The molecule has 0 aliphatic rings. The summed E-state index contributed by atoms with van der Waals surface area (Å²) < 4.78 is 0. The number of nitrogens with one attached hydrogen (secondary N) is 6. The average molecular weight is 781 g/mol. The van der Waals surface area contributed by atoms with Crippen molar-refractivity contribution in [3.63, 3.8) is 0 Å². The second-order valence-electron chi connectivity index (χ2n) is 13.6. The molecule has 0 fully saturated rings. The van der Waals surface area contributed by atoms with Gasteiger partial charge in [0.1, 0.15) is 36.0 Å². The first-order valence-corrected chi connectivity index (χ1v) is 17.7. The molecule has 3 rings (SSSR count). The number of amides is 6. The maximum Gasteiger partial charge on any atom is 0.326 e. The largest absolute Gasteiger partial charge is 0.508 e. The zero-order valence-electron chi connectivity index (χ0n) is 30.9. The first-order valence-electron chi connectivity index (χ1n) is 17.7. The van der Waals surface area contributed by atoms with Gasteiger partial charge in [0.25, 0.3) is 0 Å². The highest BCUT2D eigenvalue weighted by Gasteiger charge is 2.34. The molecule has 2 aromatic carbocycles. The molecule has 0 radical (unpaired) electrons. The van der Waals surface area contributed by atoms with E-state index in [-0.39, 0.29) is 37.4 Å². The fraction of sp³-hybridized carbons (Fsp3) is 0.405. The number of nitrogens with two attached hydrogens (primary N) is 2. The Morgan fingerprint density at radius 2 is 1.27 bits per heavy atom. The van der Waals surface area contributed by atoms with E-state index in [4.69, 9.17) is 11.5 Å². The smallest absolute Gasteiger partial charge is 0.326 e. The quantitative estimate of drug-likeness (QED) is 0.0580. The number of carboxylic acids is 2. The molecule has 1 aromatic heterocycles. The van der Waals surface area contributed by atoms with Gasteiger partial charge in [0.2, 0.25) is 35.4 Å². The molecule has 302 valence electrons. The minimum absolute atomic E-state index is 0.0627. The van der Waals surface area contributed by atoms with Crippen LogP contribution in [0.5, 0.6) is 5.75 Å². The van der Waals surface area contributed by atoms with Crippen LogP contribution >= 0.6 is 0 Å². The number of phenolic OH excluding ortho intramolecular Hbond substituents is 1. The van der Waals surface area contributed by atoms with Gasteiger partial charge >= 0.3 is 11.9 Å². The highest BCUT2D eigenvalue weighted by Crippen LogP contribution is 2.20. The molecule has 5 atom stereocenters. The summed E-state index contributed by atoms with van der Waals surface area (Å²) in [5.41, 5.74) is 12.5. The Balaban J connectivity index is 1.96. The molecular formula is C37H48N8O11. The lowest BCUT2D eigenvalue weighted by Crippen LogP contribution is -2.59. The number of hydrogen-bond donors (Lipinski definition) is 11. The maximum absolute atomic E-state index is 14.0. The molecule has 0 aliphatic carbocycles. The van der Waals surface area contributed by atoms with Crippen molar-refractivity contribution in [1.82, 2.24) is 31.6 Å². The Labute approximate surface area is 321 Å². The number of aromatic amines is 1. The summed E-state index contributed by atoms with van der Waals surface area (Å²) in [5.74, 6) is -8.40. The normalized spacial score (nSPS) is 13.7. The number of phenols is 1. The number of fused-ring (bicyclic) bond motifs is 1. The summed E-state index contributed by atoms with van der Waals surface area (Å²) >= 11 is 0. The molecule has 3 aromatic rings. The number of primary amides is 1. The van der Waals surface area contributed by atoms with Crippen molar-refractivity contribution < 1.29 is 53.7 Å². The number of aromatic nitrogens is 1. The van der Waals surface area contributed by atoms with Crippen molar-refractivity contribution in [3.8, 4) is 5.75 Å². The molecule has 0 spiro atoms. The number of carboxylic acid groups (broad SMARTS) is 2. The van der Waals surface area contributed by atoms with E-state index in [2.05, 4.69) is 31.6 Å². The Morgan fingerprint density at radius 3 is 1.84 bits per heavy atom. The van der Waals surface area contributed by atoms with Gasteiger partial charge < -0.3 is 58.4 Å². The van der Waals surface area contributed by atoms with Crippen LogP contribution in [0.15, 0.2) is 54.7 Å². The molecule has 13 N–H and O–H groups in total. The number of benzene rings is 2. The van der Waals surface area contributed by atoms with Crippen molar-refractivity contribution in [2.45, 2.75) is 82.6 Å². The van der Waals surface area contributed by atoms with Crippen LogP contribution in [0.4, 0.5) is 0 Å². The summed E-state index contributed by atoms with van der Waals surface area (Å²) in [6.45, 7) is 3.24. The molecule has 0 saturated carbocycles. The molecule has 0 unspecified atom stereocenters. The monoisotopic (exact) mass is 780 g/mol. The van der Waals surface area contributed by atoms with E-state index >= 15 is 0 Å². The number of aliphatic carboxylic acids is 2. The summed E-state index contributed by atoms with van der Waals surface area (Å²) in [6, 6.07) is 5.33. The van der Waals surface area contributed by atoms with Crippen LogP contribution in [0.25, 0.3) is 10.9 Å². The number of hydrogen-bond acceptors (Lipinski definition) is 10. The van der Waals surface area contributed by atoms with Crippen molar-refractivity contribution in [1.29, 1.82) is 0 Å². The zero-order valence-corrected chi connectivity index (χ0v) is 30.9. The van der Waals surface area contributed by atoms with Crippen LogP contribution in [-0.2, 0) is 51.2 Å². The third-order valence-electron chi connectivity index (χ3n) is 8.59. The lowest BCUT2D eigenvalue weighted by molar-refractivity contribution is -0.147. The van der Waals surface area contributed by atoms with Crippen molar-refractivity contribution in [2.24, 2.45) is 17.4 Å². The van der Waals surface area contributed by atoms with E-state index < -0.39 is 97.0 Å². The Morgan fingerprint density at radius 1 is 0.714 bits per heavy atom. The number of H-pyrrole nitrogens is 1. The number of carbonyl (C=O) groups excluding carboxylic acids is 6. The fourth-order valence-electron chi connectivity index (χ4n) is 5.78. The Kier molecular flexibility index (Phi) is 16.3. The van der Waals surface area contributed by atoms with E-state index in [0.717, 1.165) is 0 Å². The third kappa shape index (κ3) is 13.7. The summed E-state index contributed by atoms with van der Waals surface area (Å²) in [4.78, 5) is 105. The number of aromatic hydroxyl groups is 1. The third-order valence-corrected chi connectivity index (χ3v) is 8.59. The summed E-state index contributed by atoms with van der Waals surface area (Å²) in [5, 5.41) is 41.6. The van der Waals surface area contributed by atoms with Crippen LogP contribution in [0.1, 0.15) is 50.7 Å². The van der Waals surface area contributed by atoms with Crippen LogP contribution in [0.2, 0.25) is 0 Å². The molecule has 0 saturated heterocycles. The first-order chi connectivity index (χ1) is 26.5. The van der Waals surface area contributed by atoms with Gasteiger partial charge in [0.05, 0.1) is 13.0 Å². The lowest BCUT2D eigenvalue weighted by atomic mass is 10.00. The van der Waals surface area contributed by atoms with Gasteiger partial charge in [0.15, 0.2) is 0 Å².